The number of methoxy groups -OCH3 is 2. The first kappa shape index (κ1) is 18.6. The van der Waals surface area contributed by atoms with Crippen LogP contribution in [0.2, 0.25) is 5.02 Å². The second-order valence-electron chi connectivity index (χ2n) is 4.75. The molecule has 0 bridgehead atoms. The standard InChI is InChI=1S/C16H16ClN3O4S/c1-23-14-7-12(15(24-2)6-11(14)17)19-16(25)20-18-8-9-3-4-10(21)5-13(9)22/h3-8,21-22H,1-2H3,(H2,19,20,25). The van der Waals surface area contributed by atoms with Gasteiger partial charge in [0.25, 0.3) is 0 Å². The van der Waals surface area contributed by atoms with Crippen LogP contribution in [0.3, 0.4) is 0 Å². The molecule has 2 rings (SSSR count). The molecule has 0 saturated carbocycles. The van der Waals surface area contributed by atoms with E-state index in [1.165, 1.54) is 38.6 Å². The molecule has 9 heteroatoms. The Labute approximate surface area is 154 Å². The van der Waals surface area contributed by atoms with E-state index < -0.39 is 0 Å². The second kappa shape index (κ2) is 8.41. The van der Waals surface area contributed by atoms with Crippen LogP contribution < -0.4 is 20.2 Å². The van der Waals surface area contributed by atoms with Crippen molar-refractivity contribution < 1.29 is 19.7 Å². The zero-order valence-electron chi connectivity index (χ0n) is 13.4. The van der Waals surface area contributed by atoms with Crippen molar-refractivity contribution in [1.29, 1.82) is 0 Å². The van der Waals surface area contributed by atoms with Crippen molar-refractivity contribution >= 4 is 40.8 Å². The number of phenolic OH excluding ortho intramolecular Hbond substituents is 2. The summed E-state index contributed by atoms with van der Waals surface area (Å²) in [6.45, 7) is 0. The van der Waals surface area contributed by atoms with Gasteiger partial charge >= 0.3 is 0 Å². The van der Waals surface area contributed by atoms with Gasteiger partial charge in [0.2, 0.25) is 0 Å². The summed E-state index contributed by atoms with van der Waals surface area (Å²) in [7, 11) is 3.01. The molecule has 0 aliphatic rings. The Morgan fingerprint density at radius 3 is 2.52 bits per heavy atom. The quantitative estimate of drug-likeness (QED) is 0.359. The predicted octanol–water partition coefficient (Wildman–Crippen LogP) is 3.09. The number of hydrazone groups is 1. The van der Waals surface area contributed by atoms with Crippen LogP contribution in [0, 0.1) is 0 Å². The van der Waals surface area contributed by atoms with Gasteiger partial charge in [0, 0.05) is 23.8 Å². The average Bonchev–Trinajstić information content (AvgIpc) is 2.58. The molecule has 0 spiro atoms. The summed E-state index contributed by atoms with van der Waals surface area (Å²) in [4.78, 5) is 0. The van der Waals surface area contributed by atoms with Gasteiger partial charge in [0.05, 0.1) is 31.1 Å². The molecule has 0 heterocycles. The number of ether oxygens (including phenoxy) is 2. The summed E-state index contributed by atoms with van der Waals surface area (Å²) < 4.78 is 10.4. The van der Waals surface area contributed by atoms with Gasteiger partial charge < -0.3 is 25.0 Å². The number of anilines is 1. The van der Waals surface area contributed by atoms with Crippen LogP contribution in [0.25, 0.3) is 0 Å². The van der Waals surface area contributed by atoms with Crippen LogP contribution in [0.4, 0.5) is 5.69 Å². The molecule has 0 saturated heterocycles. The number of aromatic hydroxyl groups is 2. The molecule has 0 atom stereocenters. The van der Waals surface area contributed by atoms with Gasteiger partial charge in [-0.2, -0.15) is 5.10 Å². The van der Waals surface area contributed by atoms with E-state index in [9.17, 15) is 10.2 Å². The predicted molar refractivity (Wildman–Crippen MR) is 101 cm³/mol. The first-order valence-electron chi connectivity index (χ1n) is 6.98. The Bertz CT molecular complexity index is 814. The zero-order valence-corrected chi connectivity index (χ0v) is 15.0. The minimum absolute atomic E-state index is 0.0384. The first-order chi connectivity index (χ1) is 11.9. The fourth-order valence-corrected chi connectivity index (χ4v) is 2.30. The highest BCUT2D eigenvalue weighted by Crippen LogP contribution is 2.35. The van der Waals surface area contributed by atoms with E-state index in [0.717, 1.165) is 0 Å². The van der Waals surface area contributed by atoms with E-state index >= 15 is 0 Å². The van der Waals surface area contributed by atoms with Crippen molar-refractivity contribution in [2.24, 2.45) is 5.10 Å². The third-order valence-corrected chi connectivity index (χ3v) is 3.59. The van der Waals surface area contributed by atoms with E-state index in [4.69, 9.17) is 33.3 Å². The van der Waals surface area contributed by atoms with Crippen LogP contribution >= 0.6 is 23.8 Å². The van der Waals surface area contributed by atoms with Crippen LogP contribution in [-0.4, -0.2) is 35.8 Å². The lowest BCUT2D eigenvalue weighted by Gasteiger charge is -2.14. The van der Waals surface area contributed by atoms with Gasteiger partial charge in [-0.15, -0.1) is 0 Å². The van der Waals surface area contributed by atoms with E-state index in [-0.39, 0.29) is 16.6 Å². The summed E-state index contributed by atoms with van der Waals surface area (Å²) in [5, 5.41) is 26.4. The number of nitrogens with zero attached hydrogens (tertiary/aromatic N) is 1. The van der Waals surface area contributed by atoms with Gasteiger partial charge in [0.1, 0.15) is 23.0 Å². The van der Waals surface area contributed by atoms with Crippen LogP contribution in [-0.2, 0) is 0 Å². The van der Waals surface area contributed by atoms with Crippen molar-refractivity contribution in [1.82, 2.24) is 5.43 Å². The monoisotopic (exact) mass is 381 g/mol. The summed E-state index contributed by atoms with van der Waals surface area (Å²) in [5.41, 5.74) is 3.57. The molecule has 0 aliphatic carbocycles. The molecular weight excluding hydrogens is 366 g/mol. The summed E-state index contributed by atoms with van der Waals surface area (Å²) in [6, 6.07) is 7.40. The third kappa shape index (κ3) is 4.88. The molecule has 2 aromatic rings. The highest BCUT2D eigenvalue weighted by molar-refractivity contribution is 7.80. The molecule has 4 N–H and O–H groups in total. The fourth-order valence-electron chi connectivity index (χ4n) is 1.91. The number of nitrogens with one attached hydrogen (secondary N) is 2. The molecule has 0 aliphatic heterocycles. The molecule has 0 amide bonds. The number of hydrogen-bond donors (Lipinski definition) is 4. The molecule has 7 nitrogen and oxygen atoms in total. The highest BCUT2D eigenvalue weighted by Gasteiger charge is 2.11. The molecule has 0 aromatic heterocycles. The van der Waals surface area contributed by atoms with Crippen LogP contribution in [0.1, 0.15) is 5.56 Å². The van der Waals surface area contributed by atoms with Gasteiger partial charge in [0.15, 0.2) is 5.11 Å². The lowest BCUT2D eigenvalue weighted by Crippen LogP contribution is -2.24. The Kier molecular flexibility index (Phi) is 6.26. The van der Waals surface area contributed by atoms with Gasteiger partial charge in [-0.3, -0.25) is 5.43 Å². The zero-order chi connectivity index (χ0) is 18.4. The van der Waals surface area contributed by atoms with Crippen molar-refractivity contribution in [3.8, 4) is 23.0 Å². The normalized spacial score (nSPS) is 10.5. The lowest BCUT2D eigenvalue weighted by molar-refractivity contribution is 0.405. The van der Waals surface area contributed by atoms with Crippen molar-refractivity contribution in [2.45, 2.75) is 0 Å². The number of thiocarbonyl (C=S) groups is 1. The third-order valence-electron chi connectivity index (χ3n) is 3.11. The molecular formula is C16H16ClN3O4S. The summed E-state index contributed by atoms with van der Waals surface area (Å²) in [5.74, 6) is 0.803. The minimum Gasteiger partial charge on any atom is -0.508 e. The Morgan fingerprint density at radius 2 is 1.88 bits per heavy atom. The van der Waals surface area contributed by atoms with Crippen molar-refractivity contribution in [3.05, 3.63) is 40.9 Å². The smallest absolute Gasteiger partial charge is 0.191 e. The maximum Gasteiger partial charge on any atom is 0.191 e. The van der Waals surface area contributed by atoms with Crippen LogP contribution in [0.15, 0.2) is 35.4 Å². The number of halogens is 1. The maximum absolute atomic E-state index is 9.67. The fraction of sp³-hybridized carbons (Fsp3) is 0.125. The molecule has 0 unspecified atom stereocenters. The molecule has 25 heavy (non-hydrogen) atoms. The Hall–Kier alpha value is -2.71. The van der Waals surface area contributed by atoms with Crippen molar-refractivity contribution in [3.63, 3.8) is 0 Å². The highest BCUT2D eigenvalue weighted by atomic mass is 35.5. The molecule has 0 radical (unpaired) electrons. The van der Waals surface area contributed by atoms with E-state index in [1.54, 1.807) is 12.1 Å². The number of hydrogen-bond acceptors (Lipinski definition) is 6. The Balaban J connectivity index is 2.06. The Morgan fingerprint density at radius 1 is 1.16 bits per heavy atom. The maximum atomic E-state index is 9.67. The average molecular weight is 382 g/mol. The van der Waals surface area contributed by atoms with Gasteiger partial charge in [-0.05, 0) is 24.4 Å². The molecule has 2 aromatic carbocycles. The first-order valence-corrected chi connectivity index (χ1v) is 7.76. The SMILES string of the molecule is COc1cc(NC(=S)NN=Cc2ccc(O)cc2O)c(OC)cc1Cl. The molecule has 132 valence electrons. The van der Waals surface area contributed by atoms with Gasteiger partial charge in [-0.1, -0.05) is 11.6 Å². The summed E-state index contributed by atoms with van der Waals surface area (Å²) >= 11 is 11.2. The minimum atomic E-state index is -0.103. The topological polar surface area (TPSA) is 95.3 Å². The van der Waals surface area contributed by atoms with E-state index in [0.29, 0.717) is 27.8 Å². The number of benzene rings is 2. The summed E-state index contributed by atoms with van der Waals surface area (Å²) in [6.07, 6.45) is 1.36. The van der Waals surface area contributed by atoms with Crippen molar-refractivity contribution in [2.75, 3.05) is 19.5 Å². The van der Waals surface area contributed by atoms with E-state index in [2.05, 4.69) is 15.8 Å². The lowest BCUT2D eigenvalue weighted by atomic mass is 10.2. The van der Waals surface area contributed by atoms with Gasteiger partial charge in [-0.25, -0.2) is 0 Å². The largest absolute Gasteiger partial charge is 0.508 e. The number of phenols is 2. The molecule has 0 fully saturated rings. The number of rotatable bonds is 5. The van der Waals surface area contributed by atoms with Crippen LogP contribution in [0.5, 0.6) is 23.0 Å². The van der Waals surface area contributed by atoms with E-state index in [1.807, 2.05) is 0 Å². The second-order valence-corrected chi connectivity index (χ2v) is 5.57.